The van der Waals surface area contributed by atoms with E-state index in [4.69, 9.17) is 0 Å². The van der Waals surface area contributed by atoms with Crippen LogP contribution in [0.3, 0.4) is 0 Å². The van der Waals surface area contributed by atoms with Crippen molar-refractivity contribution in [3.63, 3.8) is 0 Å². The van der Waals surface area contributed by atoms with Crippen LogP contribution in [0.1, 0.15) is 25.3 Å². The van der Waals surface area contributed by atoms with Gasteiger partial charge in [-0.05, 0) is 17.5 Å². The van der Waals surface area contributed by atoms with Crippen molar-refractivity contribution in [1.82, 2.24) is 4.98 Å². The van der Waals surface area contributed by atoms with Crippen molar-refractivity contribution >= 4 is 9.84 Å². The molecule has 0 spiro atoms. The Labute approximate surface area is 78.7 Å². The summed E-state index contributed by atoms with van der Waals surface area (Å²) in [6.45, 7) is 3.98. The lowest BCUT2D eigenvalue weighted by Crippen LogP contribution is -2.00. The Bertz CT molecular complexity index is 396. The Morgan fingerprint density at radius 1 is 1.46 bits per heavy atom. The lowest BCUT2D eigenvalue weighted by Gasteiger charge is -2.04. The average Bonchev–Trinajstić information content (AvgIpc) is 2.03. The quantitative estimate of drug-likeness (QED) is 0.721. The number of hydrogen-bond acceptors (Lipinski definition) is 3. The Hall–Kier alpha value is -0.900. The van der Waals surface area contributed by atoms with Crippen LogP contribution in [0.4, 0.5) is 0 Å². The topological polar surface area (TPSA) is 47.0 Å². The van der Waals surface area contributed by atoms with Crippen molar-refractivity contribution in [1.29, 1.82) is 0 Å². The summed E-state index contributed by atoms with van der Waals surface area (Å²) in [6, 6.07) is 1.62. The Kier molecular flexibility index (Phi) is 2.71. The van der Waals surface area contributed by atoms with E-state index >= 15 is 0 Å². The number of hydrogen-bond donors (Lipinski definition) is 0. The summed E-state index contributed by atoms with van der Waals surface area (Å²) >= 11 is 0. The SMILES string of the molecule is CC(C)c1cn[c]c(S(C)(=O)=O)c1. The van der Waals surface area contributed by atoms with Crippen LogP contribution >= 0.6 is 0 Å². The first-order valence-electron chi connectivity index (χ1n) is 3.99. The first-order valence-corrected chi connectivity index (χ1v) is 5.88. The summed E-state index contributed by atoms with van der Waals surface area (Å²) in [4.78, 5) is 3.93. The first-order chi connectivity index (χ1) is 5.91. The molecule has 1 rings (SSSR count). The average molecular weight is 198 g/mol. The summed E-state index contributed by atoms with van der Waals surface area (Å²) in [5, 5.41) is 0. The molecule has 0 amide bonds. The highest BCUT2D eigenvalue weighted by atomic mass is 32.2. The van der Waals surface area contributed by atoms with E-state index in [1.807, 2.05) is 13.8 Å². The molecule has 1 radical (unpaired) electrons. The number of pyridine rings is 1. The summed E-state index contributed by atoms with van der Waals surface area (Å²) in [6.07, 6.45) is 5.26. The highest BCUT2D eigenvalue weighted by Crippen LogP contribution is 2.16. The van der Waals surface area contributed by atoms with Gasteiger partial charge in [-0.15, -0.1) is 0 Å². The van der Waals surface area contributed by atoms with E-state index in [0.29, 0.717) is 0 Å². The van der Waals surface area contributed by atoms with Crippen LogP contribution in [0, 0.1) is 6.20 Å². The standard InChI is InChI=1S/C9H12NO2S/c1-7(2)8-4-9(6-10-5-8)13(3,11)12/h4-5,7H,1-3H3. The summed E-state index contributed by atoms with van der Waals surface area (Å²) in [5.74, 6) is 0.280. The second kappa shape index (κ2) is 3.46. The predicted octanol–water partition coefficient (Wildman–Crippen LogP) is 1.41. The third-order valence-corrected chi connectivity index (χ3v) is 2.76. The van der Waals surface area contributed by atoms with Crippen LogP contribution in [0.5, 0.6) is 0 Å². The largest absolute Gasteiger partial charge is 0.253 e. The van der Waals surface area contributed by atoms with Gasteiger partial charge in [0.1, 0.15) is 6.20 Å². The minimum Gasteiger partial charge on any atom is -0.253 e. The van der Waals surface area contributed by atoms with Crippen LogP contribution in [0.25, 0.3) is 0 Å². The minimum atomic E-state index is -3.18. The molecule has 0 aliphatic heterocycles. The zero-order valence-corrected chi connectivity index (χ0v) is 8.72. The number of rotatable bonds is 2. The van der Waals surface area contributed by atoms with Gasteiger partial charge in [0.25, 0.3) is 0 Å². The molecule has 0 aliphatic carbocycles. The maximum Gasteiger partial charge on any atom is 0.177 e. The van der Waals surface area contributed by atoms with E-state index < -0.39 is 9.84 Å². The molecule has 0 saturated carbocycles. The van der Waals surface area contributed by atoms with E-state index in [9.17, 15) is 8.42 Å². The number of aromatic nitrogens is 1. The van der Waals surface area contributed by atoms with Gasteiger partial charge in [0.05, 0.1) is 4.90 Å². The highest BCUT2D eigenvalue weighted by molar-refractivity contribution is 7.90. The summed E-state index contributed by atoms with van der Waals surface area (Å²) < 4.78 is 22.3. The van der Waals surface area contributed by atoms with Gasteiger partial charge in [0.2, 0.25) is 0 Å². The molecule has 0 bridgehead atoms. The van der Waals surface area contributed by atoms with Crippen molar-refractivity contribution in [3.8, 4) is 0 Å². The molecular formula is C9H12NO2S. The molecule has 0 N–H and O–H groups in total. The molecule has 1 aromatic rings. The zero-order chi connectivity index (χ0) is 10.1. The molecule has 0 fully saturated rings. The van der Waals surface area contributed by atoms with Crippen LogP contribution < -0.4 is 0 Å². The van der Waals surface area contributed by atoms with Crippen LogP contribution in [0.15, 0.2) is 17.2 Å². The second-order valence-corrected chi connectivity index (χ2v) is 5.29. The van der Waals surface area contributed by atoms with Crippen molar-refractivity contribution in [3.05, 3.63) is 24.0 Å². The van der Waals surface area contributed by atoms with Gasteiger partial charge in [-0.25, -0.2) is 8.42 Å². The lowest BCUT2D eigenvalue weighted by molar-refractivity contribution is 0.601. The van der Waals surface area contributed by atoms with Gasteiger partial charge in [-0.3, -0.25) is 4.98 Å². The van der Waals surface area contributed by atoms with E-state index in [-0.39, 0.29) is 10.8 Å². The first kappa shape index (κ1) is 10.2. The van der Waals surface area contributed by atoms with Gasteiger partial charge in [-0.2, -0.15) is 0 Å². The fourth-order valence-corrected chi connectivity index (χ4v) is 1.47. The molecule has 1 aromatic heterocycles. The normalized spacial score (nSPS) is 12.0. The summed E-state index contributed by atoms with van der Waals surface area (Å²) in [5.41, 5.74) is 0.916. The molecule has 0 unspecified atom stereocenters. The molecule has 13 heavy (non-hydrogen) atoms. The molecular weight excluding hydrogens is 186 g/mol. The zero-order valence-electron chi connectivity index (χ0n) is 7.90. The van der Waals surface area contributed by atoms with Gasteiger partial charge < -0.3 is 0 Å². The monoisotopic (exact) mass is 198 g/mol. The van der Waals surface area contributed by atoms with E-state index in [0.717, 1.165) is 11.8 Å². The van der Waals surface area contributed by atoms with Gasteiger partial charge >= 0.3 is 0 Å². The van der Waals surface area contributed by atoms with Gasteiger partial charge in [0.15, 0.2) is 9.84 Å². The van der Waals surface area contributed by atoms with Crippen molar-refractivity contribution in [2.24, 2.45) is 0 Å². The van der Waals surface area contributed by atoms with E-state index in [1.54, 1.807) is 12.3 Å². The predicted molar refractivity (Wildman–Crippen MR) is 50.3 cm³/mol. The van der Waals surface area contributed by atoms with E-state index in [2.05, 4.69) is 11.2 Å². The maximum absolute atomic E-state index is 11.1. The van der Waals surface area contributed by atoms with Gasteiger partial charge in [0, 0.05) is 12.5 Å². The Morgan fingerprint density at radius 2 is 2.08 bits per heavy atom. The smallest absolute Gasteiger partial charge is 0.177 e. The molecule has 4 heteroatoms. The van der Waals surface area contributed by atoms with Gasteiger partial charge in [-0.1, -0.05) is 13.8 Å². The van der Waals surface area contributed by atoms with Crippen LogP contribution in [0.2, 0.25) is 0 Å². The highest BCUT2D eigenvalue weighted by Gasteiger charge is 2.09. The van der Waals surface area contributed by atoms with Crippen LogP contribution in [-0.2, 0) is 9.84 Å². The van der Waals surface area contributed by atoms with Crippen molar-refractivity contribution in [2.75, 3.05) is 6.26 Å². The third-order valence-electron chi connectivity index (χ3n) is 1.75. The maximum atomic E-state index is 11.1. The number of nitrogens with zero attached hydrogens (tertiary/aromatic N) is 1. The fourth-order valence-electron chi connectivity index (χ4n) is 0.897. The van der Waals surface area contributed by atoms with Crippen molar-refractivity contribution in [2.45, 2.75) is 24.7 Å². The van der Waals surface area contributed by atoms with Crippen molar-refractivity contribution < 1.29 is 8.42 Å². The molecule has 3 nitrogen and oxygen atoms in total. The molecule has 0 atom stereocenters. The molecule has 0 aliphatic rings. The number of sulfone groups is 1. The molecule has 0 aromatic carbocycles. The second-order valence-electron chi connectivity index (χ2n) is 3.31. The molecule has 0 saturated heterocycles. The lowest BCUT2D eigenvalue weighted by atomic mass is 10.1. The molecule has 1 heterocycles. The van der Waals surface area contributed by atoms with Crippen LogP contribution in [-0.4, -0.2) is 19.7 Å². The Morgan fingerprint density at radius 3 is 2.54 bits per heavy atom. The van der Waals surface area contributed by atoms with E-state index in [1.165, 1.54) is 0 Å². The molecule has 71 valence electrons. The Balaban J connectivity index is 3.21. The fraction of sp³-hybridized carbons (Fsp3) is 0.444. The minimum absolute atomic E-state index is 0.165. The summed E-state index contributed by atoms with van der Waals surface area (Å²) in [7, 11) is -3.18. The third kappa shape index (κ3) is 2.52.